The van der Waals surface area contributed by atoms with E-state index in [9.17, 15) is 0 Å². The summed E-state index contributed by atoms with van der Waals surface area (Å²) < 4.78 is 5.76. The van der Waals surface area contributed by atoms with E-state index in [0.29, 0.717) is 17.6 Å². The summed E-state index contributed by atoms with van der Waals surface area (Å²) in [5.41, 5.74) is 0.463. The van der Waals surface area contributed by atoms with E-state index in [2.05, 4.69) is 46.4 Å². The Morgan fingerprint density at radius 1 is 1.18 bits per heavy atom. The number of hydrogen-bond donors (Lipinski definition) is 0. The molecule has 0 bridgehead atoms. The summed E-state index contributed by atoms with van der Waals surface area (Å²) in [4.78, 5) is 2.57. The molecule has 17 heavy (non-hydrogen) atoms. The van der Waals surface area contributed by atoms with Crippen molar-refractivity contribution in [3.05, 3.63) is 0 Å². The molecule has 1 aliphatic heterocycles. The Kier molecular flexibility index (Phi) is 5.46. The highest BCUT2D eigenvalue weighted by Crippen LogP contribution is 2.26. The maximum atomic E-state index is 5.76. The SMILES string of the molecule is CC(CCN1CC(C)OC(C)C1)CC(C)(C)C. The molecule has 0 N–H and O–H groups in total. The van der Waals surface area contributed by atoms with Gasteiger partial charge in [-0.15, -0.1) is 0 Å². The van der Waals surface area contributed by atoms with Crippen LogP contribution >= 0.6 is 0 Å². The molecular formula is C15H31NO. The minimum atomic E-state index is 0.400. The van der Waals surface area contributed by atoms with Gasteiger partial charge in [-0.3, -0.25) is 4.90 Å². The van der Waals surface area contributed by atoms with Crippen LogP contribution in [0.1, 0.15) is 54.4 Å². The number of hydrogen-bond acceptors (Lipinski definition) is 2. The molecule has 0 radical (unpaired) electrons. The van der Waals surface area contributed by atoms with Crippen LogP contribution in [0.15, 0.2) is 0 Å². The van der Waals surface area contributed by atoms with Crippen LogP contribution in [-0.4, -0.2) is 36.7 Å². The fourth-order valence-electron chi connectivity index (χ4n) is 3.02. The lowest BCUT2D eigenvalue weighted by Gasteiger charge is -2.36. The summed E-state index contributed by atoms with van der Waals surface area (Å²) in [6, 6.07) is 0. The van der Waals surface area contributed by atoms with Crippen molar-refractivity contribution in [2.75, 3.05) is 19.6 Å². The second-order valence-corrected chi connectivity index (χ2v) is 7.18. The average Bonchev–Trinajstić information content (AvgIpc) is 2.10. The Hall–Kier alpha value is -0.0800. The van der Waals surface area contributed by atoms with Crippen molar-refractivity contribution < 1.29 is 4.74 Å². The Bertz CT molecular complexity index is 211. The van der Waals surface area contributed by atoms with Gasteiger partial charge >= 0.3 is 0 Å². The minimum Gasteiger partial charge on any atom is -0.373 e. The second kappa shape index (κ2) is 6.19. The Morgan fingerprint density at radius 3 is 2.18 bits per heavy atom. The Balaban J connectivity index is 2.25. The second-order valence-electron chi connectivity index (χ2n) is 7.18. The van der Waals surface area contributed by atoms with Crippen molar-refractivity contribution in [3.8, 4) is 0 Å². The number of rotatable bonds is 4. The molecule has 2 nitrogen and oxygen atoms in total. The average molecular weight is 241 g/mol. The van der Waals surface area contributed by atoms with Crippen LogP contribution in [-0.2, 0) is 4.74 Å². The van der Waals surface area contributed by atoms with Gasteiger partial charge in [0.25, 0.3) is 0 Å². The van der Waals surface area contributed by atoms with Gasteiger partial charge in [-0.05, 0) is 44.6 Å². The highest BCUT2D eigenvalue weighted by Gasteiger charge is 2.22. The zero-order chi connectivity index (χ0) is 13.1. The molecule has 1 heterocycles. The van der Waals surface area contributed by atoms with Crippen LogP contribution in [0.4, 0.5) is 0 Å². The van der Waals surface area contributed by atoms with Crippen LogP contribution in [0.3, 0.4) is 0 Å². The van der Waals surface area contributed by atoms with E-state index in [1.54, 1.807) is 0 Å². The Morgan fingerprint density at radius 2 is 1.71 bits per heavy atom. The van der Waals surface area contributed by atoms with E-state index in [-0.39, 0.29) is 0 Å². The molecule has 2 heteroatoms. The van der Waals surface area contributed by atoms with Gasteiger partial charge in [0.15, 0.2) is 0 Å². The Labute approximate surface area is 108 Å². The third-order valence-corrected chi connectivity index (χ3v) is 3.39. The smallest absolute Gasteiger partial charge is 0.0678 e. The van der Waals surface area contributed by atoms with Gasteiger partial charge in [-0.25, -0.2) is 0 Å². The van der Waals surface area contributed by atoms with Gasteiger partial charge in [0.05, 0.1) is 12.2 Å². The molecule has 1 aliphatic rings. The van der Waals surface area contributed by atoms with Gasteiger partial charge in [0.1, 0.15) is 0 Å². The molecule has 0 aliphatic carbocycles. The van der Waals surface area contributed by atoms with E-state index < -0.39 is 0 Å². The molecule has 0 amide bonds. The van der Waals surface area contributed by atoms with Gasteiger partial charge in [-0.1, -0.05) is 27.7 Å². The number of nitrogens with zero attached hydrogens (tertiary/aromatic N) is 1. The van der Waals surface area contributed by atoms with Crippen molar-refractivity contribution in [2.45, 2.75) is 66.6 Å². The van der Waals surface area contributed by atoms with Crippen molar-refractivity contribution >= 4 is 0 Å². The van der Waals surface area contributed by atoms with E-state index in [0.717, 1.165) is 19.0 Å². The molecular weight excluding hydrogens is 210 g/mol. The maximum Gasteiger partial charge on any atom is 0.0678 e. The van der Waals surface area contributed by atoms with Gasteiger partial charge in [0.2, 0.25) is 0 Å². The summed E-state index contributed by atoms with van der Waals surface area (Å²) in [5, 5.41) is 0. The van der Waals surface area contributed by atoms with Crippen LogP contribution in [0, 0.1) is 11.3 Å². The molecule has 3 atom stereocenters. The maximum absolute atomic E-state index is 5.76. The first kappa shape index (κ1) is 15.0. The molecule has 0 saturated carbocycles. The molecule has 0 aromatic heterocycles. The molecule has 0 aromatic carbocycles. The lowest BCUT2D eigenvalue weighted by molar-refractivity contribution is -0.0690. The van der Waals surface area contributed by atoms with Crippen molar-refractivity contribution in [1.29, 1.82) is 0 Å². The molecule has 3 unspecified atom stereocenters. The molecule has 0 aromatic rings. The topological polar surface area (TPSA) is 12.5 Å². The minimum absolute atomic E-state index is 0.400. The van der Waals surface area contributed by atoms with Crippen LogP contribution < -0.4 is 0 Å². The largest absolute Gasteiger partial charge is 0.373 e. The highest BCUT2D eigenvalue weighted by molar-refractivity contribution is 4.74. The number of morpholine rings is 1. The molecule has 1 fully saturated rings. The van der Waals surface area contributed by atoms with Crippen molar-refractivity contribution in [1.82, 2.24) is 4.90 Å². The lowest BCUT2D eigenvalue weighted by atomic mass is 9.84. The summed E-state index contributed by atoms with van der Waals surface area (Å²) in [6.45, 7) is 17.2. The standard InChI is InChI=1S/C15H31NO/c1-12(9-15(4,5)6)7-8-16-10-13(2)17-14(3)11-16/h12-14H,7-11H2,1-6H3. The first-order valence-electron chi connectivity index (χ1n) is 7.14. The predicted octanol–water partition coefficient (Wildman–Crippen LogP) is 3.56. The molecule has 1 saturated heterocycles. The molecule has 1 rings (SSSR count). The van der Waals surface area contributed by atoms with Crippen LogP contribution in [0.25, 0.3) is 0 Å². The normalized spacial score (nSPS) is 29.3. The molecule has 102 valence electrons. The molecule has 0 spiro atoms. The van der Waals surface area contributed by atoms with Crippen molar-refractivity contribution in [3.63, 3.8) is 0 Å². The van der Waals surface area contributed by atoms with Gasteiger partial charge in [-0.2, -0.15) is 0 Å². The first-order chi connectivity index (χ1) is 7.76. The van der Waals surface area contributed by atoms with E-state index in [1.807, 2.05) is 0 Å². The van der Waals surface area contributed by atoms with E-state index >= 15 is 0 Å². The highest BCUT2D eigenvalue weighted by atomic mass is 16.5. The quantitative estimate of drug-likeness (QED) is 0.746. The van der Waals surface area contributed by atoms with Crippen LogP contribution in [0.2, 0.25) is 0 Å². The fourth-order valence-corrected chi connectivity index (χ4v) is 3.02. The van der Waals surface area contributed by atoms with Crippen molar-refractivity contribution in [2.24, 2.45) is 11.3 Å². The lowest BCUT2D eigenvalue weighted by Crippen LogP contribution is -2.45. The summed E-state index contributed by atoms with van der Waals surface area (Å²) in [7, 11) is 0. The van der Waals surface area contributed by atoms with E-state index in [1.165, 1.54) is 19.4 Å². The summed E-state index contributed by atoms with van der Waals surface area (Å²) >= 11 is 0. The fraction of sp³-hybridized carbons (Fsp3) is 1.00. The monoisotopic (exact) mass is 241 g/mol. The van der Waals surface area contributed by atoms with Crippen LogP contribution in [0.5, 0.6) is 0 Å². The predicted molar refractivity (Wildman–Crippen MR) is 74.3 cm³/mol. The third-order valence-electron chi connectivity index (χ3n) is 3.39. The first-order valence-corrected chi connectivity index (χ1v) is 7.14. The third kappa shape index (κ3) is 6.42. The summed E-state index contributed by atoms with van der Waals surface area (Å²) in [6.07, 6.45) is 3.44. The summed E-state index contributed by atoms with van der Waals surface area (Å²) in [5.74, 6) is 0.823. The zero-order valence-corrected chi connectivity index (χ0v) is 12.6. The zero-order valence-electron chi connectivity index (χ0n) is 12.6. The van der Waals surface area contributed by atoms with E-state index in [4.69, 9.17) is 4.74 Å². The number of ether oxygens (including phenoxy) is 1. The van der Waals surface area contributed by atoms with Gasteiger partial charge in [0, 0.05) is 13.1 Å². The van der Waals surface area contributed by atoms with Gasteiger partial charge < -0.3 is 4.74 Å².